The molecule has 2 fully saturated rings. The maximum absolute atomic E-state index is 3.42. The van der Waals surface area contributed by atoms with Crippen molar-refractivity contribution in [3.63, 3.8) is 0 Å². The van der Waals surface area contributed by atoms with Crippen molar-refractivity contribution < 1.29 is 0 Å². The largest absolute Gasteiger partial charge is 0.312 e. The Kier molecular flexibility index (Phi) is 1.02. The fourth-order valence-corrected chi connectivity index (χ4v) is 1.56. The minimum Gasteiger partial charge on any atom is -0.312 e. The van der Waals surface area contributed by atoms with Gasteiger partial charge in [0.15, 0.2) is 0 Å². The summed E-state index contributed by atoms with van der Waals surface area (Å²) < 4.78 is 0. The Labute approximate surface area is 49.7 Å². The predicted octanol–water partition coefficient (Wildman–Crippen LogP) is -0.128. The van der Waals surface area contributed by atoms with Gasteiger partial charge in [-0.05, 0) is 19.4 Å². The Bertz CT molecular complexity index is 72.5. The van der Waals surface area contributed by atoms with Gasteiger partial charge in [0.2, 0.25) is 0 Å². The zero-order valence-electron chi connectivity index (χ0n) is 4.85. The molecule has 0 amide bonds. The molecular weight excluding hydrogens is 100 g/mol. The van der Waals surface area contributed by atoms with Gasteiger partial charge >= 0.3 is 0 Å². The molecular formula is C6H11N2. The Morgan fingerprint density at radius 2 is 2.38 bits per heavy atom. The molecule has 0 aliphatic carbocycles. The van der Waals surface area contributed by atoms with Crippen LogP contribution in [0.2, 0.25) is 0 Å². The lowest BCUT2D eigenvalue weighted by Crippen LogP contribution is -2.29. The van der Waals surface area contributed by atoms with Crippen LogP contribution in [-0.4, -0.2) is 18.6 Å². The molecule has 45 valence electrons. The van der Waals surface area contributed by atoms with Gasteiger partial charge in [0.25, 0.3) is 0 Å². The SMILES string of the molecule is [CH]1CC2NCCC2N1. The quantitative estimate of drug-likeness (QED) is 0.455. The van der Waals surface area contributed by atoms with E-state index in [4.69, 9.17) is 0 Å². The third kappa shape index (κ3) is 0.565. The van der Waals surface area contributed by atoms with Gasteiger partial charge in [-0.25, -0.2) is 0 Å². The molecule has 1 radical (unpaired) electrons. The van der Waals surface area contributed by atoms with E-state index in [1.54, 1.807) is 0 Å². The highest BCUT2D eigenvalue weighted by Gasteiger charge is 2.30. The molecule has 8 heavy (non-hydrogen) atoms. The summed E-state index contributed by atoms with van der Waals surface area (Å²) in [6.45, 7) is 3.37. The van der Waals surface area contributed by atoms with Crippen LogP contribution in [-0.2, 0) is 0 Å². The molecule has 2 nitrogen and oxygen atoms in total. The van der Waals surface area contributed by atoms with E-state index in [1.165, 1.54) is 19.4 Å². The monoisotopic (exact) mass is 111 g/mol. The summed E-state index contributed by atoms with van der Waals surface area (Å²) in [6, 6.07) is 1.52. The number of fused-ring (bicyclic) bond motifs is 1. The molecule has 2 unspecified atom stereocenters. The zero-order chi connectivity index (χ0) is 5.40. The first-order chi connectivity index (χ1) is 3.97. The second-order valence-corrected chi connectivity index (χ2v) is 2.56. The van der Waals surface area contributed by atoms with Crippen molar-refractivity contribution >= 4 is 0 Å². The molecule has 2 N–H and O–H groups in total. The molecule has 2 aliphatic rings. The van der Waals surface area contributed by atoms with Crippen LogP contribution in [0.4, 0.5) is 0 Å². The topological polar surface area (TPSA) is 24.1 Å². The molecule has 2 heteroatoms. The third-order valence-corrected chi connectivity index (χ3v) is 2.05. The third-order valence-electron chi connectivity index (χ3n) is 2.05. The van der Waals surface area contributed by atoms with Crippen molar-refractivity contribution in [3.8, 4) is 0 Å². The lowest BCUT2D eigenvalue weighted by atomic mass is 10.1. The van der Waals surface area contributed by atoms with E-state index < -0.39 is 0 Å². The van der Waals surface area contributed by atoms with Gasteiger partial charge in [0.05, 0.1) is 0 Å². The molecule has 0 aromatic carbocycles. The highest BCUT2D eigenvalue weighted by molar-refractivity contribution is 4.99. The highest BCUT2D eigenvalue weighted by Crippen LogP contribution is 2.17. The average Bonchev–Trinajstić information content (AvgIpc) is 2.15. The molecule has 2 rings (SSSR count). The van der Waals surface area contributed by atoms with Crippen LogP contribution in [0.25, 0.3) is 0 Å². The summed E-state index contributed by atoms with van der Waals surface area (Å²) in [6.07, 6.45) is 2.52. The van der Waals surface area contributed by atoms with Crippen molar-refractivity contribution in [1.29, 1.82) is 0 Å². The van der Waals surface area contributed by atoms with Gasteiger partial charge in [0.1, 0.15) is 0 Å². The average molecular weight is 111 g/mol. The molecule has 0 aromatic rings. The molecule has 0 bridgehead atoms. The van der Waals surface area contributed by atoms with E-state index in [2.05, 4.69) is 17.2 Å². The summed E-state index contributed by atoms with van der Waals surface area (Å²) in [7, 11) is 0. The number of hydrogen-bond donors (Lipinski definition) is 2. The fraction of sp³-hybridized carbons (Fsp3) is 0.833. The maximum Gasteiger partial charge on any atom is 0.0240 e. The summed E-state index contributed by atoms with van der Waals surface area (Å²) >= 11 is 0. The molecule has 2 aliphatic heterocycles. The van der Waals surface area contributed by atoms with Crippen LogP contribution in [0, 0.1) is 6.54 Å². The predicted molar refractivity (Wildman–Crippen MR) is 32.2 cm³/mol. The standard InChI is InChI=1S/C6H11N2/c1-3-7-6-2-4-8-5(1)6/h3,5-8H,1-2,4H2. The van der Waals surface area contributed by atoms with E-state index in [9.17, 15) is 0 Å². The fourth-order valence-electron chi connectivity index (χ4n) is 1.56. The lowest BCUT2D eigenvalue weighted by Gasteiger charge is -2.05. The maximum atomic E-state index is 3.42. The van der Waals surface area contributed by atoms with Crippen LogP contribution in [0.5, 0.6) is 0 Å². The summed E-state index contributed by atoms with van der Waals surface area (Å²) in [5.74, 6) is 0. The smallest absolute Gasteiger partial charge is 0.0240 e. The summed E-state index contributed by atoms with van der Waals surface area (Å²) in [4.78, 5) is 0. The van der Waals surface area contributed by atoms with Crippen molar-refractivity contribution in [2.75, 3.05) is 6.54 Å². The minimum atomic E-state index is 0.759. The zero-order valence-corrected chi connectivity index (χ0v) is 4.85. The summed E-state index contributed by atoms with van der Waals surface area (Å²) in [5.41, 5.74) is 0. The number of rotatable bonds is 0. The molecule has 0 spiro atoms. The first kappa shape index (κ1) is 4.77. The first-order valence-corrected chi connectivity index (χ1v) is 3.28. The van der Waals surface area contributed by atoms with E-state index in [0.717, 1.165) is 12.1 Å². The van der Waals surface area contributed by atoms with Gasteiger partial charge in [0, 0.05) is 18.6 Å². The van der Waals surface area contributed by atoms with E-state index in [-0.39, 0.29) is 0 Å². The minimum absolute atomic E-state index is 0.759. The normalized spacial score (nSPS) is 45.0. The lowest BCUT2D eigenvalue weighted by molar-refractivity contribution is 0.577. The van der Waals surface area contributed by atoms with Gasteiger partial charge in [-0.1, -0.05) is 0 Å². The second kappa shape index (κ2) is 1.71. The van der Waals surface area contributed by atoms with Crippen molar-refractivity contribution in [3.05, 3.63) is 6.54 Å². The van der Waals surface area contributed by atoms with Crippen molar-refractivity contribution in [1.82, 2.24) is 10.6 Å². The Morgan fingerprint density at radius 1 is 1.38 bits per heavy atom. The van der Waals surface area contributed by atoms with E-state index in [1.807, 2.05) is 0 Å². The number of hydrogen-bond acceptors (Lipinski definition) is 2. The van der Waals surface area contributed by atoms with E-state index in [0.29, 0.717) is 0 Å². The molecule has 0 aromatic heterocycles. The molecule has 2 saturated heterocycles. The Balaban J connectivity index is 2.04. The van der Waals surface area contributed by atoms with Crippen molar-refractivity contribution in [2.45, 2.75) is 24.9 Å². The van der Waals surface area contributed by atoms with Gasteiger partial charge in [-0.3, -0.25) is 0 Å². The second-order valence-electron chi connectivity index (χ2n) is 2.56. The van der Waals surface area contributed by atoms with Gasteiger partial charge < -0.3 is 10.6 Å². The molecule has 0 saturated carbocycles. The Hall–Kier alpha value is -0.0800. The van der Waals surface area contributed by atoms with Gasteiger partial charge in [-0.15, -0.1) is 0 Å². The van der Waals surface area contributed by atoms with Crippen LogP contribution >= 0.6 is 0 Å². The van der Waals surface area contributed by atoms with Gasteiger partial charge in [-0.2, -0.15) is 0 Å². The van der Waals surface area contributed by atoms with E-state index >= 15 is 0 Å². The molecule has 2 atom stereocenters. The van der Waals surface area contributed by atoms with Crippen LogP contribution < -0.4 is 10.6 Å². The molecule has 2 heterocycles. The van der Waals surface area contributed by atoms with Crippen LogP contribution in [0.15, 0.2) is 0 Å². The van der Waals surface area contributed by atoms with Crippen molar-refractivity contribution in [2.24, 2.45) is 0 Å². The highest BCUT2D eigenvalue weighted by atomic mass is 15.1. The first-order valence-electron chi connectivity index (χ1n) is 3.28. The number of nitrogens with one attached hydrogen (secondary N) is 2. The van der Waals surface area contributed by atoms with Crippen LogP contribution in [0.1, 0.15) is 12.8 Å². The van der Waals surface area contributed by atoms with Crippen LogP contribution in [0.3, 0.4) is 0 Å². The Morgan fingerprint density at radius 3 is 3.25 bits per heavy atom. The summed E-state index contributed by atoms with van der Waals surface area (Å²) in [5, 5.41) is 6.76.